The summed E-state index contributed by atoms with van der Waals surface area (Å²) in [4.78, 5) is 15.7. The molecule has 116 valence electrons. The Labute approximate surface area is 126 Å². The molecule has 1 aromatic rings. The predicted octanol–water partition coefficient (Wildman–Crippen LogP) is 3.43. The Balaban J connectivity index is 0.000000155. The molecule has 0 radical (unpaired) electrons. The Bertz CT molecular complexity index is 453. The third-order valence-corrected chi connectivity index (χ3v) is 4.67. The van der Waals surface area contributed by atoms with Crippen molar-refractivity contribution in [2.45, 2.75) is 40.0 Å². The minimum atomic E-state index is -0.514. The monoisotopic (exact) mass is 291 g/mol. The molecule has 0 unspecified atom stereocenters. The first kappa shape index (κ1) is 15.9. The molecule has 2 fully saturated rings. The molecule has 0 bridgehead atoms. The molecule has 3 rings (SSSR count). The van der Waals surface area contributed by atoms with Crippen molar-refractivity contribution >= 4 is 5.82 Å². The van der Waals surface area contributed by atoms with Crippen LogP contribution in [0.3, 0.4) is 0 Å². The second-order valence-electron chi connectivity index (χ2n) is 6.44. The van der Waals surface area contributed by atoms with E-state index < -0.39 is 4.92 Å². The highest BCUT2D eigenvalue weighted by molar-refractivity contribution is 5.21. The summed E-state index contributed by atoms with van der Waals surface area (Å²) in [7, 11) is 0. The van der Waals surface area contributed by atoms with Crippen molar-refractivity contribution in [2.24, 2.45) is 11.3 Å². The first-order valence-corrected chi connectivity index (χ1v) is 7.77. The van der Waals surface area contributed by atoms with Crippen LogP contribution in [0.15, 0.2) is 18.3 Å². The lowest BCUT2D eigenvalue weighted by atomic mass is 9.57. The second kappa shape index (κ2) is 6.52. The average Bonchev–Trinajstić information content (AvgIpc) is 2.37. The van der Waals surface area contributed by atoms with Gasteiger partial charge in [0.25, 0.3) is 0 Å². The number of aromatic nitrogens is 1. The molecule has 2 aliphatic rings. The quantitative estimate of drug-likeness (QED) is 0.632. The van der Waals surface area contributed by atoms with Gasteiger partial charge in [-0.3, -0.25) is 0 Å². The van der Waals surface area contributed by atoms with E-state index in [0.717, 1.165) is 16.9 Å². The highest BCUT2D eigenvalue weighted by Crippen LogP contribution is 2.52. The molecule has 1 spiro atoms. The van der Waals surface area contributed by atoms with Gasteiger partial charge in [0, 0.05) is 19.2 Å². The second-order valence-corrected chi connectivity index (χ2v) is 6.44. The standard InChI is InChI=1S/C10H19N.C6H6N2O2/c1-3-9-5-10(6-9)7-11(4-2)8-10;1-5-2-3-6(7-4-5)8(9)10/h9H,3-8H2,1-2H3;2-4H,1H3. The zero-order valence-corrected chi connectivity index (χ0v) is 13.2. The van der Waals surface area contributed by atoms with Crippen LogP contribution in [0, 0.1) is 28.4 Å². The summed E-state index contributed by atoms with van der Waals surface area (Å²) in [6, 6.07) is 3.04. The minimum Gasteiger partial charge on any atom is -0.358 e. The van der Waals surface area contributed by atoms with E-state index in [-0.39, 0.29) is 5.82 Å². The van der Waals surface area contributed by atoms with Crippen LogP contribution in [0.2, 0.25) is 0 Å². The van der Waals surface area contributed by atoms with Gasteiger partial charge in [0.2, 0.25) is 0 Å². The third-order valence-electron chi connectivity index (χ3n) is 4.67. The zero-order chi connectivity index (χ0) is 15.5. The lowest BCUT2D eigenvalue weighted by molar-refractivity contribution is -0.389. The van der Waals surface area contributed by atoms with Crippen molar-refractivity contribution in [3.63, 3.8) is 0 Å². The summed E-state index contributed by atoms with van der Waals surface area (Å²) in [5, 5.41) is 10.1. The topological polar surface area (TPSA) is 59.3 Å². The van der Waals surface area contributed by atoms with Gasteiger partial charge in [-0.2, -0.15) is 0 Å². The van der Waals surface area contributed by atoms with Gasteiger partial charge < -0.3 is 15.0 Å². The Kier molecular flexibility index (Phi) is 4.93. The number of nitrogens with zero attached hydrogens (tertiary/aromatic N) is 3. The van der Waals surface area contributed by atoms with Crippen LogP contribution >= 0.6 is 0 Å². The Morgan fingerprint density at radius 2 is 2.05 bits per heavy atom. The number of likely N-dealkylation sites (tertiary alicyclic amines) is 1. The smallest absolute Gasteiger partial charge is 0.358 e. The van der Waals surface area contributed by atoms with Gasteiger partial charge >= 0.3 is 5.82 Å². The van der Waals surface area contributed by atoms with Gasteiger partial charge in [-0.1, -0.05) is 20.3 Å². The van der Waals surface area contributed by atoms with Gasteiger partial charge in [-0.25, -0.2) is 0 Å². The van der Waals surface area contributed by atoms with Crippen LogP contribution in [0.1, 0.15) is 38.7 Å². The number of pyridine rings is 1. The van der Waals surface area contributed by atoms with Crippen molar-refractivity contribution < 1.29 is 4.92 Å². The van der Waals surface area contributed by atoms with Crippen molar-refractivity contribution in [3.8, 4) is 0 Å². The highest BCUT2D eigenvalue weighted by Gasteiger charge is 2.50. The maximum atomic E-state index is 10.1. The summed E-state index contributed by atoms with van der Waals surface area (Å²) in [5.41, 5.74) is 1.74. The Morgan fingerprint density at radius 1 is 1.38 bits per heavy atom. The van der Waals surface area contributed by atoms with Crippen molar-refractivity contribution in [1.82, 2.24) is 9.88 Å². The molecule has 0 N–H and O–H groups in total. The van der Waals surface area contributed by atoms with Crippen LogP contribution in [0.5, 0.6) is 0 Å². The van der Waals surface area contributed by atoms with E-state index in [1.165, 1.54) is 51.2 Å². The van der Waals surface area contributed by atoms with Crippen LogP contribution < -0.4 is 0 Å². The molecule has 5 nitrogen and oxygen atoms in total. The molecule has 1 saturated carbocycles. The average molecular weight is 291 g/mol. The molecule has 0 atom stereocenters. The predicted molar refractivity (Wildman–Crippen MR) is 83.2 cm³/mol. The van der Waals surface area contributed by atoms with Gasteiger partial charge in [-0.15, -0.1) is 0 Å². The maximum Gasteiger partial charge on any atom is 0.363 e. The molecular weight excluding hydrogens is 266 g/mol. The van der Waals surface area contributed by atoms with Crippen molar-refractivity contribution in [2.75, 3.05) is 19.6 Å². The summed E-state index contributed by atoms with van der Waals surface area (Å²) < 4.78 is 0. The van der Waals surface area contributed by atoms with Crippen LogP contribution in [0.25, 0.3) is 0 Å². The third kappa shape index (κ3) is 3.79. The highest BCUT2D eigenvalue weighted by atomic mass is 16.6. The van der Waals surface area contributed by atoms with Crippen molar-refractivity contribution in [1.29, 1.82) is 0 Å². The normalized spacial score (nSPS) is 20.1. The fraction of sp³-hybridized carbons (Fsp3) is 0.688. The maximum absolute atomic E-state index is 10.1. The molecule has 0 amide bonds. The lowest BCUT2D eigenvalue weighted by Crippen LogP contribution is -2.61. The molecule has 0 aromatic carbocycles. The largest absolute Gasteiger partial charge is 0.363 e. The number of aryl methyl sites for hydroxylation is 1. The minimum absolute atomic E-state index is 0.106. The number of nitro groups is 1. The molecule has 1 saturated heterocycles. The summed E-state index contributed by atoms with van der Waals surface area (Å²) in [6.45, 7) is 10.5. The van der Waals surface area contributed by atoms with Crippen molar-refractivity contribution in [3.05, 3.63) is 34.0 Å². The number of hydrogen-bond acceptors (Lipinski definition) is 4. The summed E-state index contributed by atoms with van der Waals surface area (Å²) in [6.07, 6.45) is 5.94. The van der Waals surface area contributed by atoms with E-state index in [1.807, 2.05) is 6.92 Å². The number of rotatable bonds is 3. The fourth-order valence-electron chi connectivity index (χ4n) is 3.41. The van der Waals surface area contributed by atoms with E-state index in [4.69, 9.17) is 0 Å². The Morgan fingerprint density at radius 3 is 2.48 bits per heavy atom. The van der Waals surface area contributed by atoms with E-state index in [1.54, 1.807) is 6.07 Å². The molecule has 2 heterocycles. The molecule has 1 aliphatic carbocycles. The lowest BCUT2D eigenvalue weighted by Gasteiger charge is -2.59. The van der Waals surface area contributed by atoms with Gasteiger partial charge in [-0.05, 0) is 59.2 Å². The zero-order valence-electron chi connectivity index (χ0n) is 13.2. The van der Waals surface area contributed by atoms with Gasteiger partial charge in [0.05, 0.1) is 0 Å². The molecular formula is C16H25N3O2. The fourth-order valence-corrected chi connectivity index (χ4v) is 3.41. The SMILES string of the molecule is CCC1CC2(C1)CN(CC)C2.Cc1ccc([N+](=O)[O-])nc1. The first-order chi connectivity index (χ1) is 9.98. The van der Waals surface area contributed by atoms with Crippen LogP contribution in [0.4, 0.5) is 5.82 Å². The van der Waals surface area contributed by atoms with Crippen LogP contribution in [-0.2, 0) is 0 Å². The molecule has 1 aromatic heterocycles. The van der Waals surface area contributed by atoms with E-state index >= 15 is 0 Å². The summed E-state index contributed by atoms with van der Waals surface area (Å²) in [5.74, 6) is 0.972. The number of hydrogen-bond donors (Lipinski definition) is 0. The molecule has 5 heteroatoms. The summed E-state index contributed by atoms with van der Waals surface area (Å²) >= 11 is 0. The first-order valence-electron chi connectivity index (χ1n) is 7.77. The Hall–Kier alpha value is -1.49. The van der Waals surface area contributed by atoms with E-state index in [9.17, 15) is 10.1 Å². The van der Waals surface area contributed by atoms with E-state index in [2.05, 4.69) is 23.7 Å². The van der Waals surface area contributed by atoms with Crippen LogP contribution in [-0.4, -0.2) is 34.4 Å². The van der Waals surface area contributed by atoms with Gasteiger partial charge in [0.1, 0.15) is 6.20 Å². The molecule has 21 heavy (non-hydrogen) atoms. The van der Waals surface area contributed by atoms with E-state index in [0.29, 0.717) is 0 Å². The van der Waals surface area contributed by atoms with Gasteiger partial charge in [0.15, 0.2) is 0 Å². The molecule has 1 aliphatic heterocycles.